The minimum atomic E-state index is -0.955. The molecule has 2 rings (SSSR count). The first kappa shape index (κ1) is 15.4. The molecular weight excluding hydrogens is 365 g/mol. The van der Waals surface area contributed by atoms with Crippen LogP contribution >= 0.6 is 39.1 Å². The molecule has 0 amide bonds. The summed E-state index contributed by atoms with van der Waals surface area (Å²) < 4.78 is 2.45. The molecule has 20 heavy (non-hydrogen) atoms. The lowest BCUT2D eigenvalue weighted by atomic mass is 10.1. The Balaban J connectivity index is 2.64. The van der Waals surface area contributed by atoms with Gasteiger partial charge < -0.3 is 9.67 Å². The Bertz CT molecular complexity index is 667. The fraction of sp³-hybridized carbons (Fsp3) is 0.214. The molecule has 0 aliphatic heterocycles. The molecule has 0 saturated carbocycles. The molecule has 0 spiro atoms. The molecule has 106 valence electrons. The van der Waals surface area contributed by atoms with E-state index in [1.807, 2.05) is 13.0 Å². The zero-order valence-corrected chi connectivity index (χ0v) is 13.8. The summed E-state index contributed by atoms with van der Waals surface area (Å²) in [7, 11) is 0. The second-order valence-corrected chi connectivity index (χ2v) is 5.89. The van der Waals surface area contributed by atoms with Crippen molar-refractivity contribution in [1.82, 2.24) is 4.57 Å². The molecule has 0 fully saturated rings. The molecule has 1 heterocycles. The highest BCUT2D eigenvalue weighted by atomic mass is 79.9. The molecule has 0 unspecified atom stereocenters. The van der Waals surface area contributed by atoms with Crippen LogP contribution in [-0.2, 0) is 6.54 Å². The van der Waals surface area contributed by atoms with Crippen LogP contribution < -0.4 is 0 Å². The molecule has 0 saturated heterocycles. The average Bonchev–Trinajstić information content (AvgIpc) is 2.81. The minimum Gasteiger partial charge on any atom is -0.477 e. The van der Waals surface area contributed by atoms with Crippen molar-refractivity contribution in [3.63, 3.8) is 0 Å². The Morgan fingerprint density at radius 2 is 1.95 bits per heavy atom. The van der Waals surface area contributed by atoms with Gasteiger partial charge in [-0.15, -0.1) is 0 Å². The van der Waals surface area contributed by atoms with Gasteiger partial charge in [0.05, 0.1) is 15.7 Å². The first-order valence-electron chi connectivity index (χ1n) is 6.04. The maximum Gasteiger partial charge on any atom is 0.352 e. The van der Waals surface area contributed by atoms with Crippen LogP contribution in [0, 0.1) is 0 Å². The van der Waals surface area contributed by atoms with Gasteiger partial charge in [-0.05, 0) is 40.5 Å². The monoisotopic (exact) mass is 375 g/mol. The SMILES string of the molecule is CCCn1c(C(=O)O)ccc1-c1ccc(Br)c(Cl)c1Cl. The number of hydrogen-bond acceptors (Lipinski definition) is 1. The molecule has 0 radical (unpaired) electrons. The lowest BCUT2D eigenvalue weighted by Gasteiger charge is -2.13. The molecule has 0 bridgehead atoms. The first-order valence-corrected chi connectivity index (χ1v) is 7.59. The van der Waals surface area contributed by atoms with Gasteiger partial charge in [0.2, 0.25) is 0 Å². The van der Waals surface area contributed by atoms with Gasteiger partial charge in [-0.2, -0.15) is 0 Å². The van der Waals surface area contributed by atoms with Gasteiger partial charge in [-0.3, -0.25) is 0 Å². The molecule has 0 aliphatic carbocycles. The topological polar surface area (TPSA) is 42.2 Å². The molecule has 1 N–H and O–H groups in total. The van der Waals surface area contributed by atoms with Crippen molar-refractivity contribution in [3.05, 3.63) is 44.5 Å². The molecule has 1 aromatic heterocycles. The van der Waals surface area contributed by atoms with Crippen LogP contribution in [0.5, 0.6) is 0 Å². The van der Waals surface area contributed by atoms with Crippen LogP contribution in [0.3, 0.4) is 0 Å². The molecule has 2 aromatic rings. The van der Waals surface area contributed by atoms with Crippen molar-refractivity contribution in [2.75, 3.05) is 0 Å². The van der Waals surface area contributed by atoms with Gasteiger partial charge in [0.1, 0.15) is 5.69 Å². The van der Waals surface area contributed by atoms with Crippen molar-refractivity contribution >= 4 is 45.1 Å². The lowest BCUT2D eigenvalue weighted by Crippen LogP contribution is -2.09. The lowest BCUT2D eigenvalue weighted by molar-refractivity contribution is 0.0685. The van der Waals surface area contributed by atoms with Gasteiger partial charge >= 0.3 is 5.97 Å². The Labute approximate surface area is 135 Å². The number of aromatic carboxylic acids is 1. The largest absolute Gasteiger partial charge is 0.477 e. The minimum absolute atomic E-state index is 0.247. The second-order valence-electron chi connectivity index (χ2n) is 4.28. The molecule has 1 aromatic carbocycles. The van der Waals surface area contributed by atoms with Crippen molar-refractivity contribution < 1.29 is 9.90 Å². The molecule has 0 aliphatic rings. The molecule has 6 heteroatoms. The van der Waals surface area contributed by atoms with Gasteiger partial charge in [0.25, 0.3) is 0 Å². The van der Waals surface area contributed by atoms with Crippen LogP contribution in [0.2, 0.25) is 10.0 Å². The van der Waals surface area contributed by atoms with E-state index in [2.05, 4.69) is 15.9 Å². The third kappa shape index (κ3) is 2.73. The van der Waals surface area contributed by atoms with Crippen molar-refractivity contribution in [1.29, 1.82) is 0 Å². The van der Waals surface area contributed by atoms with Crippen LogP contribution in [0.15, 0.2) is 28.7 Å². The van der Waals surface area contributed by atoms with Gasteiger partial charge in [0, 0.05) is 16.6 Å². The zero-order chi connectivity index (χ0) is 14.9. The summed E-state index contributed by atoms with van der Waals surface area (Å²) in [6.45, 7) is 2.60. The fourth-order valence-electron chi connectivity index (χ4n) is 2.08. The number of aromatic nitrogens is 1. The maximum atomic E-state index is 11.3. The summed E-state index contributed by atoms with van der Waals surface area (Å²) in [5.74, 6) is -0.955. The number of carboxylic acids is 1. The number of carbonyl (C=O) groups is 1. The van der Waals surface area contributed by atoms with E-state index in [0.29, 0.717) is 21.1 Å². The van der Waals surface area contributed by atoms with Gasteiger partial charge in [0.15, 0.2) is 0 Å². The summed E-state index contributed by atoms with van der Waals surface area (Å²) in [5.41, 5.74) is 1.72. The third-order valence-electron chi connectivity index (χ3n) is 2.96. The standard InChI is InChI=1S/C14H12BrCl2NO2/c1-2-7-18-10(5-6-11(18)14(19)20)8-3-4-9(15)13(17)12(8)16/h3-6H,2,7H2,1H3,(H,19,20). The summed E-state index contributed by atoms with van der Waals surface area (Å²) in [5, 5.41) is 10.1. The average molecular weight is 377 g/mol. The van der Waals surface area contributed by atoms with E-state index in [9.17, 15) is 9.90 Å². The highest BCUT2D eigenvalue weighted by molar-refractivity contribution is 9.10. The normalized spacial score (nSPS) is 10.8. The Hall–Kier alpha value is -0.970. The van der Waals surface area contributed by atoms with Crippen molar-refractivity contribution in [2.24, 2.45) is 0 Å². The third-order valence-corrected chi connectivity index (χ3v) is 4.73. The van der Waals surface area contributed by atoms with Crippen molar-refractivity contribution in [2.45, 2.75) is 19.9 Å². The Kier molecular flexibility index (Phi) is 4.78. The molecule has 3 nitrogen and oxygen atoms in total. The number of rotatable bonds is 4. The highest BCUT2D eigenvalue weighted by Gasteiger charge is 2.18. The van der Waals surface area contributed by atoms with E-state index in [1.165, 1.54) is 0 Å². The van der Waals surface area contributed by atoms with Crippen LogP contribution in [0.1, 0.15) is 23.8 Å². The van der Waals surface area contributed by atoms with Crippen LogP contribution in [0.25, 0.3) is 11.3 Å². The van der Waals surface area contributed by atoms with Crippen LogP contribution in [-0.4, -0.2) is 15.6 Å². The van der Waals surface area contributed by atoms with E-state index in [4.69, 9.17) is 23.2 Å². The summed E-state index contributed by atoms with van der Waals surface area (Å²) in [6, 6.07) is 6.96. The van der Waals surface area contributed by atoms with E-state index in [1.54, 1.807) is 22.8 Å². The van der Waals surface area contributed by atoms with Crippen molar-refractivity contribution in [3.8, 4) is 11.3 Å². The number of benzene rings is 1. The Morgan fingerprint density at radius 3 is 2.55 bits per heavy atom. The maximum absolute atomic E-state index is 11.3. The predicted octanol–water partition coefficient (Wildman–Crippen LogP) is 5.33. The van der Waals surface area contributed by atoms with Crippen LogP contribution in [0.4, 0.5) is 0 Å². The number of hydrogen-bond donors (Lipinski definition) is 1. The molecule has 0 atom stereocenters. The number of halogens is 3. The smallest absolute Gasteiger partial charge is 0.352 e. The fourth-order valence-corrected chi connectivity index (χ4v) is 2.95. The predicted molar refractivity (Wildman–Crippen MR) is 84.8 cm³/mol. The highest BCUT2D eigenvalue weighted by Crippen LogP contribution is 2.38. The number of nitrogens with zero attached hydrogens (tertiary/aromatic N) is 1. The van der Waals surface area contributed by atoms with E-state index in [0.717, 1.165) is 17.7 Å². The second kappa shape index (κ2) is 6.20. The van der Waals surface area contributed by atoms with Gasteiger partial charge in [-0.25, -0.2) is 4.79 Å². The van der Waals surface area contributed by atoms with E-state index < -0.39 is 5.97 Å². The zero-order valence-electron chi connectivity index (χ0n) is 10.7. The summed E-state index contributed by atoms with van der Waals surface area (Å²) >= 11 is 15.7. The summed E-state index contributed by atoms with van der Waals surface area (Å²) in [6.07, 6.45) is 0.823. The van der Waals surface area contributed by atoms with E-state index in [-0.39, 0.29) is 5.69 Å². The number of carboxylic acid groups (broad SMARTS) is 1. The molecular formula is C14H12BrCl2NO2. The quantitative estimate of drug-likeness (QED) is 0.732. The first-order chi connectivity index (χ1) is 9.47. The van der Waals surface area contributed by atoms with Gasteiger partial charge in [-0.1, -0.05) is 36.2 Å². The van der Waals surface area contributed by atoms with E-state index >= 15 is 0 Å². The summed E-state index contributed by atoms with van der Waals surface area (Å²) in [4.78, 5) is 11.3. The Morgan fingerprint density at radius 1 is 1.25 bits per heavy atom.